The number of aromatic nitrogens is 1. The molecule has 0 aliphatic carbocycles. The molecule has 35 heavy (non-hydrogen) atoms. The third-order valence-corrected chi connectivity index (χ3v) is 7.42. The van der Waals surface area contributed by atoms with E-state index in [4.69, 9.17) is 4.74 Å². The van der Waals surface area contributed by atoms with E-state index in [0.29, 0.717) is 43.2 Å². The van der Waals surface area contributed by atoms with E-state index < -0.39 is 0 Å². The minimum atomic E-state index is -0.295. The van der Waals surface area contributed by atoms with Crippen molar-refractivity contribution >= 4 is 33.4 Å². The summed E-state index contributed by atoms with van der Waals surface area (Å²) in [6.45, 7) is 3.72. The zero-order valence-electron chi connectivity index (χ0n) is 19.6. The number of halogens is 1. The van der Waals surface area contributed by atoms with E-state index in [0.717, 1.165) is 15.8 Å². The number of hydrogen-bond donors (Lipinski definition) is 0. The van der Waals surface area contributed by atoms with Gasteiger partial charge in [-0.3, -0.25) is 9.59 Å². The molecule has 0 bridgehead atoms. The maximum atomic E-state index is 13.8. The summed E-state index contributed by atoms with van der Waals surface area (Å²) in [4.78, 5) is 31.3. The third kappa shape index (κ3) is 4.53. The lowest BCUT2D eigenvalue weighted by Crippen LogP contribution is -2.55. The molecule has 1 fully saturated rings. The minimum Gasteiger partial charge on any atom is -0.497 e. The van der Waals surface area contributed by atoms with E-state index in [1.807, 2.05) is 44.9 Å². The number of rotatable bonds is 5. The lowest BCUT2D eigenvalue weighted by Gasteiger charge is -2.40. The predicted molar refractivity (Wildman–Crippen MR) is 135 cm³/mol. The Balaban J connectivity index is 1.34. The minimum absolute atomic E-state index is 0.0535. The molecule has 3 heterocycles. The Kier molecular flexibility index (Phi) is 6.30. The second-order valence-corrected chi connectivity index (χ2v) is 9.65. The maximum Gasteiger partial charge on any atom is 0.270 e. The van der Waals surface area contributed by atoms with Gasteiger partial charge in [-0.1, -0.05) is 12.1 Å². The SMILES string of the molecule is COc1ccc(C(=O)N2CCN(C(=O)c3cc4ccsc4n3Cc3cccc(F)c3)C[C@@H]2C)cc1. The summed E-state index contributed by atoms with van der Waals surface area (Å²) in [5, 5.41) is 2.99. The van der Waals surface area contributed by atoms with E-state index in [9.17, 15) is 14.0 Å². The fourth-order valence-corrected chi connectivity index (χ4v) is 5.53. The Morgan fingerprint density at radius 1 is 1.06 bits per heavy atom. The lowest BCUT2D eigenvalue weighted by molar-refractivity contribution is 0.0409. The van der Waals surface area contributed by atoms with Gasteiger partial charge < -0.3 is 19.1 Å². The van der Waals surface area contributed by atoms with E-state index >= 15 is 0 Å². The van der Waals surface area contributed by atoms with Crippen molar-refractivity contribution in [3.8, 4) is 5.75 Å². The zero-order chi connectivity index (χ0) is 24.5. The first kappa shape index (κ1) is 23.1. The Hall–Kier alpha value is -3.65. The topological polar surface area (TPSA) is 54.8 Å². The molecule has 0 unspecified atom stereocenters. The Bertz CT molecular complexity index is 1380. The summed E-state index contributed by atoms with van der Waals surface area (Å²) in [6.07, 6.45) is 0. The molecule has 1 atom stereocenters. The van der Waals surface area contributed by atoms with Crippen LogP contribution in [-0.2, 0) is 6.54 Å². The fourth-order valence-electron chi connectivity index (χ4n) is 4.63. The van der Waals surface area contributed by atoms with Gasteiger partial charge in [-0.05, 0) is 66.4 Å². The van der Waals surface area contributed by atoms with Crippen LogP contribution in [0, 0.1) is 5.82 Å². The average Bonchev–Trinajstić information content (AvgIpc) is 3.46. The molecule has 6 nitrogen and oxygen atoms in total. The first-order chi connectivity index (χ1) is 16.9. The fraction of sp³-hybridized carbons (Fsp3) is 0.259. The molecule has 0 N–H and O–H groups in total. The van der Waals surface area contributed by atoms with Crippen LogP contribution in [0.25, 0.3) is 10.2 Å². The number of hydrogen-bond acceptors (Lipinski definition) is 4. The standard InChI is InChI=1S/C27H26FN3O3S/c1-18-16-29(11-12-30(18)25(32)20-6-8-23(34-2)9-7-20)26(33)24-15-21-10-13-35-27(21)31(24)17-19-4-3-5-22(28)14-19/h3-10,13-15,18H,11-12,16-17H2,1-2H3/t18-/m0/s1. The van der Waals surface area contributed by atoms with E-state index in [1.54, 1.807) is 48.8 Å². The van der Waals surface area contributed by atoms with Crippen LogP contribution in [0.2, 0.25) is 0 Å². The third-order valence-electron chi connectivity index (χ3n) is 6.46. The predicted octanol–water partition coefficient (Wildman–Crippen LogP) is 4.89. The number of carbonyl (C=O) groups excluding carboxylic acids is 2. The number of thiophene rings is 1. The van der Waals surface area contributed by atoms with Crippen molar-refractivity contribution in [1.82, 2.24) is 14.4 Å². The van der Waals surface area contributed by atoms with Gasteiger partial charge in [-0.2, -0.15) is 0 Å². The normalized spacial score (nSPS) is 16.0. The molecule has 180 valence electrons. The molecule has 4 aromatic rings. The van der Waals surface area contributed by atoms with Crippen LogP contribution in [0.15, 0.2) is 66.0 Å². The van der Waals surface area contributed by atoms with Gasteiger partial charge in [0.25, 0.3) is 11.8 Å². The summed E-state index contributed by atoms with van der Waals surface area (Å²) >= 11 is 1.56. The van der Waals surface area contributed by atoms with Crippen molar-refractivity contribution in [2.75, 3.05) is 26.7 Å². The van der Waals surface area contributed by atoms with Gasteiger partial charge in [0.2, 0.25) is 0 Å². The van der Waals surface area contributed by atoms with Gasteiger partial charge in [0, 0.05) is 43.2 Å². The Morgan fingerprint density at radius 3 is 2.57 bits per heavy atom. The van der Waals surface area contributed by atoms with Crippen molar-refractivity contribution in [3.63, 3.8) is 0 Å². The van der Waals surface area contributed by atoms with Crippen LogP contribution >= 0.6 is 11.3 Å². The number of benzene rings is 2. The van der Waals surface area contributed by atoms with Crippen LogP contribution in [-0.4, -0.2) is 59.0 Å². The summed E-state index contributed by atoms with van der Waals surface area (Å²) < 4.78 is 20.9. The lowest BCUT2D eigenvalue weighted by atomic mass is 10.1. The molecule has 2 amide bonds. The number of fused-ring (bicyclic) bond motifs is 1. The van der Waals surface area contributed by atoms with Crippen molar-refractivity contribution in [1.29, 1.82) is 0 Å². The van der Waals surface area contributed by atoms with Crippen molar-refractivity contribution in [3.05, 3.63) is 88.7 Å². The highest BCUT2D eigenvalue weighted by atomic mass is 32.1. The maximum absolute atomic E-state index is 13.8. The van der Waals surface area contributed by atoms with Gasteiger partial charge in [0.05, 0.1) is 7.11 Å². The smallest absolute Gasteiger partial charge is 0.270 e. The molecule has 1 aliphatic heterocycles. The number of piperazine rings is 1. The van der Waals surface area contributed by atoms with Crippen LogP contribution < -0.4 is 4.74 Å². The second kappa shape index (κ2) is 9.54. The summed E-state index contributed by atoms with van der Waals surface area (Å²) in [5.74, 6) is 0.276. The molecular formula is C27H26FN3O3S. The van der Waals surface area contributed by atoms with E-state index in [1.165, 1.54) is 12.1 Å². The zero-order valence-corrected chi connectivity index (χ0v) is 20.4. The second-order valence-electron chi connectivity index (χ2n) is 8.75. The van der Waals surface area contributed by atoms with E-state index in [2.05, 4.69) is 0 Å². The van der Waals surface area contributed by atoms with Crippen LogP contribution in [0.3, 0.4) is 0 Å². The number of nitrogens with zero attached hydrogens (tertiary/aromatic N) is 3. The molecule has 0 radical (unpaired) electrons. The number of carbonyl (C=O) groups is 2. The number of methoxy groups -OCH3 is 1. The van der Waals surface area contributed by atoms with Gasteiger partial charge >= 0.3 is 0 Å². The van der Waals surface area contributed by atoms with Crippen molar-refractivity contribution < 1.29 is 18.7 Å². The first-order valence-electron chi connectivity index (χ1n) is 11.5. The van der Waals surface area contributed by atoms with Gasteiger partial charge in [-0.25, -0.2) is 4.39 Å². The summed E-state index contributed by atoms with van der Waals surface area (Å²) in [6, 6.07) is 17.3. The molecule has 2 aromatic carbocycles. The highest BCUT2D eigenvalue weighted by Gasteiger charge is 2.32. The van der Waals surface area contributed by atoms with Gasteiger partial charge in [-0.15, -0.1) is 11.3 Å². The molecule has 5 rings (SSSR count). The van der Waals surface area contributed by atoms with Crippen molar-refractivity contribution in [2.45, 2.75) is 19.5 Å². The quantitative estimate of drug-likeness (QED) is 0.400. The molecular weight excluding hydrogens is 465 g/mol. The molecule has 1 aliphatic rings. The van der Waals surface area contributed by atoms with Crippen LogP contribution in [0.4, 0.5) is 4.39 Å². The Labute approximate surface area is 207 Å². The largest absolute Gasteiger partial charge is 0.497 e. The van der Waals surface area contributed by atoms with Crippen LogP contribution in [0.1, 0.15) is 33.3 Å². The molecule has 0 spiro atoms. The van der Waals surface area contributed by atoms with Gasteiger partial charge in [0.1, 0.15) is 22.1 Å². The van der Waals surface area contributed by atoms with Crippen molar-refractivity contribution in [2.24, 2.45) is 0 Å². The Morgan fingerprint density at radius 2 is 1.86 bits per heavy atom. The number of amides is 2. The van der Waals surface area contributed by atoms with Gasteiger partial charge in [0.15, 0.2) is 0 Å². The van der Waals surface area contributed by atoms with Crippen LogP contribution in [0.5, 0.6) is 5.75 Å². The highest BCUT2D eigenvalue weighted by Crippen LogP contribution is 2.28. The first-order valence-corrected chi connectivity index (χ1v) is 12.4. The summed E-state index contributed by atoms with van der Waals surface area (Å²) in [7, 11) is 1.59. The molecule has 2 aromatic heterocycles. The average molecular weight is 492 g/mol. The van der Waals surface area contributed by atoms with E-state index in [-0.39, 0.29) is 23.7 Å². The monoisotopic (exact) mass is 491 g/mol. The molecule has 1 saturated heterocycles. The highest BCUT2D eigenvalue weighted by molar-refractivity contribution is 7.16. The summed E-state index contributed by atoms with van der Waals surface area (Å²) in [5.41, 5.74) is 1.98. The molecule has 0 saturated carbocycles. The number of ether oxygens (including phenoxy) is 1. The molecule has 8 heteroatoms.